The molecular weight excluding hydrogens is 875 g/mol. The molecule has 2 aromatic heterocycles. The van der Waals surface area contributed by atoms with Crippen LogP contribution >= 0.6 is 0 Å². The number of amides is 2. The van der Waals surface area contributed by atoms with Gasteiger partial charge in [-0.2, -0.15) is 31.4 Å². The number of nitrogen functional groups attached to an aromatic ring is 1. The lowest BCUT2D eigenvalue weighted by atomic mass is 10.1. The zero-order chi connectivity index (χ0) is 48.1. The highest BCUT2D eigenvalue weighted by molar-refractivity contribution is 6.00. The number of benzene rings is 3. The van der Waals surface area contributed by atoms with E-state index in [1.54, 1.807) is 53.0 Å². The molecule has 2 saturated carbocycles. The van der Waals surface area contributed by atoms with Crippen molar-refractivity contribution in [3.8, 4) is 22.8 Å². The van der Waals surface area contributed by atoms with Crippen molar-refractivity contribution >= 4 is 62.7 Å². The Morgan fingerprint density at radius 1 is 0.712 bits per heavy atom. The van der Waals surface area contributed by atoms with E-state index in [0.29, 0.717) is 66.3 Å². The molecule has 0 unspecified atom stereocenters. The molecule has 0 aliphatic heterocycles. The molecule has 0 bridgehead atoms. The van der Waals surface area contributed by atoms with Gasteiger partial charge < -0.3 is 50.8 Å². The van der Waals surface area contributed by atoms with E-state index in [0.717, 1.165) is 42.1 Å². The summed E-state index contributed by atoms with van der Waals surface area (Å²) in [7, 11) is 13.0. The molecule has 3 aromatic carbocycles. The fourth-order valence-electron chi connectivity index (χ4n) is 6.39. The van der Waals surface area contributed by atoms with Crippen molar-refractivity contribution < 1.29 is 45.4 Å². The van der Waals surface area contributed by atoms with E-state index >= 15 is 0 Å². The molecule has 2 fully saturated rings. The number of ether oxygens (including phenoxy) is 2. The van der Waals surface area contributed by atoms with Gasteiger partial charge in [0.1, 0.15) is 23.6 Å². The first-order valence-electron chi connectivity index (χ1n) is 21.0. The summed E-state index contributed by atoms with van der Waals surface area (Å²) >= 11 is 0. The highest BCUT2D eigenvalue weighted by Crippen LogP contribution is 2.42. The molecule has 0 radical (unpaired) electrons. The number of rotatable bonds is 17. The molecular formula is C44H54F6N12O4. The Morgan fingerprint density at radius 2 is 1.24 bits per heavy atom. The summed E-state index contributed by atoms with van der Waals surface area (Å²) in [4.78, 5) is 39.5. The number of nitrogens with two attached hydrogens (primary N) is 1. The lowest BCUT2D eigenvalue weighted by Gasteiger charge is -2.26. The SMILES string of the molecule is CN(C)CCN(C)c1cc(OC2CC2)c(N)cc1NC(=O)C(F)(F)F.CN(C)CCN(C)c1cc(OC2CC2)c(Nc2cc(-c3ccc4c(cnn4C)c3)ncn2)cc1NC(=O)C(F)(F)F. The van der Waals surface area contributed by atoms with Gasteiger partial charge in [-0.3, -0.25) is 14.3 Å². The van der Waals surface area contributed by atoms with Crippen LogP contribution in [0.4, 0.5) is 66.3 Å². The van der Waals surface area contributed by atoms with Gasteiger partial charge in [-0.05, 0) is 78.1 Å². The minimum absolute atomic E-state index is 0.00391. The van der Waals surface area contributed by atoms with E-state index in [1.807, 2.05) is 73.9 Å². The molecule has 16 nitrogen and oxygen atoms in total. The van der Waals surface area contributed by atoms with Gasteiger partial charge in [0.2, 0.25) is 0 Å². The molecule has 2 aliphatic rings. The summed E-state index contributed by atoms with van der Waals surface area (Å²) in [6.07, 6.45) is -3.12. The maximum Gasteiger partial charge on any atom is 0.471 e. The van der Waals surface area contributed by atoms with E-state index in [1.165, 1.54) is 18.5 Å². The number of carbonyl (C=O) groups is 2. The molecule has 2 amide bonds. The number of carbonyl (C=O) groups excluding carboxylic acids is 2. The lowest BCUT2D eigenvalue weighted by molar-refractivity contribution is -0.167. The van der Waals surface area contributed by atoms with Gasteiger partial charge in [0.25, 0.3) is 0 Å². The van der Waals surface area contributed by atoms with Crippen molar-refractivity contribution in [1.29, 1.82) is 0 Å². The first kappa shape index (κ1) is 48.9. The number of aryl methyl sites for hydroxylation is 1. The summed E-state index contributed by atoms with van der Waals surface area (Å²) in [6, 6.07) is 13.6. The summed E-state index contributed by atoms with van der Waals surface area (Å²) in [6.45, 7) is 2.39. The van der Waals surface area contributed by atoms with Gasteiger partial charge in [-0.15, -0.1) is 0 Å². The Kier molecular flexibility index (Phi) is 15.0. The summed E-state index contributed by atoms with van der Waals surface area (Å²) in [5, 5.41) is 12.4. The molecule has 5 aromatic rings. The molecule has 7 rings (SSSR count). The second kappa shape index (κ2) is 20.3. The van der Waals surface area contributed by atoms with Crippen molar-refractivity contribution in [3.63, 3.8) is 0 Å². The summed E-state index contributed by atoms with van der Waals surface area (Å²) in [5.41, 5.74) is 9.74. The molecule has 0 atom stereocenters. The van der Waals surface area contributed by atoms with Gasteiger partial charge in [-0.25, -0.2) is 9.97 Å². The fraction of sp³-hybridized carbons (Fsp3) is 0.432. The summed E-state index contributed by atoms with van der Waals surface area (Å²) < 4.78 is 91.1. The van der Waals surface area contributed by atoms with Crippen LogP contribution in [-0.2, 0) is 16.6 Å². The molecule has 0 spiro atoms. The maximum absolute atomic E-state index is 13.2. The van der Waals surface area contributed by atoms with Crippen LogP contribution in [0.15, 0.2) is 61.1 Å². The molecule has 2 aliphatic carbocycles. The van der Waals surface area contributed by atoms with Gasteiger partial charge in [0.15, 0.2) is 0 Å². The largest absolute Gasteiger partial charge is 0.488 e. The lowest BCUT2D eigenvalue weighted by Crippen LogP contribution is -2.32. The van der Waals surface area contributed by atoms with Crippen LogP contribution in [0.2, 0.25) is 0 Å². The van der Waals surface area contributed by atoms with Crippen LogP contribution in [0.5, 0.6) is 11.5 Å². The van der Waals surface area contributed by atoms with Crippen molar-refractivity contribution in [3.05, 3.63) is 61.1 Å². The predicted octanol–water partition coefficient (Wildman–Crippen LogP) is 7.12. The van der Waals surface area contributed by atoms with Crippen molar-refractivity contribution in [2.75, 3.05) is 99.9 Å². The van der Waals surface area contributed by atoms with Gasteiger partial charge >= 0.3 is 24.2 Å². The van der Waals surface area contributed by atoms with Crippen LogP contribution in [0.25, 0.3) is 22.2 Å². The minimum atomic E-state index is -5.05. The third-order valence-corrected chi connectivity index (χ3v) is 10.4. The number of halogens is 6. The second-order valence-electron chi connectivity index (χ2n) is 16.7. The molecule has 356 valence electrons. The van der Waals surface area contributed by atoms with Crippen LogP contribution in [0.1, 0.15) is 25.7 Å². The number of aromatic nitrogens is 4. The Hall–Kier alpha value is -6.55. The molecule has 0 saturated heterocycles. The van der Waals surface area contributed by atoms with Crippen LogP contribution in [-0.4, -0.2) is 134 Å². The van der Waals surface area contributed by atoms with Crippen molar-refractivity contribution in [2.24, 2.45) is 7.05 Å². The number of fused-ring (bicyclic) bond motifs is 1. The van der Waals surface area contributed by atoms with Crippen LogP contribution in [0, 0.1) is 0 Å². The van der Waals surface area contributed by atoms with E-state index in [2.05, 4.69) is 20.4 Å². The zero-order valence-corrected chi connectivity index (χ0v) is 37.6. The highest BCUT2D eigenvalue weighted by Gasteiger charge is 2.40. The fourth-order valence-corrected chi connectivity index (χ4v) is 6.39. The second-order valence-corrected chi connectivity index (χ2v) is 16.7. The van der Waals surface area contributed by atoms with Gasteiger partial charge in [0, 0.05) is 76.5 Å². The highest BCUT2D eigenvalue weighted by atomic mass is 19.4. The third-order valence-electron chi connectivity index (χ3n) is 10.4. The van der Waals surface area contributed by atoms with E-state index in [4.69, 9.17) is 15.2 Å². The molecule has 22 heteroatoms. The Balaban J connectivity index is 0.000000247. The summed E-state index contributed by atoms with van der Waals surface area (Å²) in [5.74, 6) is -2.83. The standard InChI is InChI=1S/C28H31F3N8O2.C16H23F3N4O2/c1-37(2)9-10-38(3)24-14-25(41-19-6-7-19)22(12-21(24)36-27(40)28(29,30)31)35-26-13-20(32-16-33-26)17-5-8-23-18(11-17)15-34-39(23)4;1-22(2)6-7-23(3)13-9-14(25-10-4-5-10)11(20)8-12(13)21-15(24)16(17,18)19/h5,8,11-16,19H,6-7,9-10H2,1-4H3,(H,36,40)(H,32,33,35);8-10H,4-7,20H2,1-3H3,(H,21,24). The Labute approximate surface area is 378 Å². The molecule has 5 N–H and O–H groups in total. The van der Waals surface area contributed by atoms with Gasteiger partial charge in [-0.1, -0.05) is 6.07 Å². The molecule has 66 heavy (non-hydrogen) atoms. The average molecular weight is 929 g/mol. The number of likely N-dealkylation sites (N-methyl/N-ethyl adjacent to an activating group) is 4. The van der Waals surface area contributed by atoms with E-state index in [-0.39, 0.29) is 29.3 Å². The maximum atomic E-state index is 13.2. The number of alkyl halides is 6. The number of nitrogens with one attached hydrogen (secondary N) is 3. The van der Waals surface area contributed by atoms with Crippen LogP contribution in [0.3, 0.4) is 0 Å². The smallest absolute Gasteiger partial charge is 0.471 e. The van der Waals surface area contributed by atoms with E-state index < -0.39 is 24.2 Å². The van der Waals surface area contributed by atoms with E-state index in [9.17, 15) is 35.9 Å². The van der Waals surface area contributed by atoms with Crippen molar-refractivity contribution in [2.45, 2.75) is 50.2 Å². The number of hydrogen-bond acceptors (Lipinski definition) is 13. The quantitative estimate of drug-likeness (QED) is 0.0550. The Morgan fingerprint density at radius 3 is 1.77 bits per heavy atom. The number of anilines is 7. The van der Waals surface area contributed by atoms with Crippen LogP contribution < -0.4 is 41.0 Å². The first-order chi connectivity index (χ1) is 31.0. The number of hydrogen-bond donors (Lipinski definition) is 4. The topological polar surface area (TPSA) is 171 Å². The minimum Gasteiger partial charge on any atom is -0.488 e. The number of nitrogens with zero attached hydrogens (tertiary/aromatic N) is 8. The van der Waals surface area contributed by atoms with Crippen molar-refractivity contribution in [1.82, 2.24) is 29.5 Å². The monoisotopic (exact) mass is 928 g/mol. The zero-order valence-electron chi connectivity index (χ0n) is 37.6. The average Bonchev–Trinajstić information content (AvgIpc) is 4.20. The first-order valence-corrected chi connectivity index (χ1v) is 21.0. The normalized spacial score (nSPS) is 13.9. The Bertz CT molecular complexity index is 2510. The molecule has 2 heterocycles. The van der Waals surface area contributed by atoms with Gasteiger partial charge in [0.05, 0.1) is 63.7 Å². The third kappa shape index (κ3) is 13.3. The predicted molar refractivity (Wildman–Crippen MR) is 243 cm³/mol.